The third-order valence-corrected chi connectivity index (χ3v) is 7.41. The summed E-state index contributed by atoms with van der Waals surface area (Å²) in [5.41, 5.74) is 10.5. The molecule has 1 aliphatic rings. The fourth-order valence-corrected chi connectivity index (χ4v) is 5.41. The highest BCUT2D eigenvalue weighted by molar-refractivity contribution is 6.03. The van der Waals surface area contributed by atoms with Gasteiger partial charge in [-0.15, -0.1) is 0 Å². The van der Waals surface area contributed by atoms with Gasteiger partial charge in [0, 0.05) is 36.2 Å². The number of hydrogen-bond donors (Lipinski definition) is 1. The number of carbonyl (C=O) groups excluding carboxylic acids is 2. The minimum atomic E-state index is -0.562. The number of anilines is 1. The maximum atomic E-state index is 13.8. The van der Waals surface area contributed by atoms with Crippen molar-refractivity contribution < 1.29 is 14.3 Å². The van der Waals surface area contributed by atoms with Crippen LogP contribution in [0.4, 0.5) is 10.6 Å². The van der Waals surface area contributed by atoms with E-state index in [0.29, 0.717) is 49.5 Å². The Morgan fingerprint density at radius 2 is 1.80 bits per heavy atom. The largest absolute Gasteiger partial charge is 0.444 e. The van der Waals surface area contributed by atoms with Crippen molar-refractivity contribution in [3.8, 4) is 11.1 Å². The number of carbonyl (C=O) groups is 2. The number of aromatic nitrogens is 5. The molecule has 0 aliphatic carbocycles. The minimum absolute atomic E-state index is 0.0265. The number of ketones is 1. The molecule has 41 heavy (non-hydrogen) atoms. The van der Waals surface area contributed by atoms with Gasteiger partial charge in [-0.05, 0) is 56.9 Å². The van der Waals surface area contributed by atoms with Crippen LogP contribution in [0.5, 0.6) is 0 Å². The first-order valence-electron chi connectivity index (χ1n) is 13.8. The van der Waals surface area contributed by atoms with Crippen LogP contribution in [0.25, 0.3) is 27.5 Å². The Morgan fingerprint density at radius 1 is 1.05 bits per heavy atom. The Hall–Kier alpha value is -4.73. The summed E-state index contributed by atoms with van der Waals surface area (Å²) < 4.78 is 9.03. The van der Waals surface area contributed by atoms with Gasteiger partial charge >= 0.3 is 6.09 Å². The molecule has 1 saturated heterocycles. The van der Waals surface area contributed by atoms with E-state index in [2.05, 4.69) is 22.2 Å². The molecule has 10 heteroatoms. The molecule has 3 aromatic heterocycles. The van der Waals surface area contributed by atoms with Gasteiger partial charge in [-0.3, -0.25) is 9.48 Å². The van der Waals surface area contributed by atoms with Crippen LogP contribution >= 0.6 is 0 Å². The van der Waals surface area contributed by atoms with Crippen molar-refractivity contribution in [1.82, 2.24) is 29.3 Å². The maximum absolute atomic E-state index is 13.8. The van der Waals surface area contributed by atoms with Crippen LogP contribution in [-0.4, -0.2) is 59.8 Å². The molecule has 0 radical (unpaired) electrons. The fraction of sp³-hybridized carbons (Fsp3) is 0.323. The van der Waals surface area contributed by atoms with E-state index in [1.807, 2.05) is 74.1 Å². The molecular formula is C31H33N7O3. The average molecular weight is 552 g/mol. The lowest BCUT2D eigenvalue weighted by Gasteiger charge is -2.32. The van der Waals surface area contributed by atoms with Crippen molar-refractivity contribution in [2.75, 3.05) is 18.8 Å². The number of amides is 1. The van der Waals surface area contributed by atoms with Gasteiger partial charge < -0.3 is 15.4 Å². The Labute approximate surface area is 237 Å². The lowest BCUT2D eigenvalue weighted by atomic mass is 9.91. The van der Waals surface area contributed by atoms with Gasteiger partial charge in [0.1, 0.15) is 23.1 Å². The Bertz CT molecular complexity index is 1740. The normalized spacial score (nSPS) is 14.6. The van der Waals surface area contributed by atoms with E-state index in [1.165, 1.54) is 11.9 Å². The SMILES string of the molecule is CC(C)(C)OC(=O)N1CCC(C(=O)c2cc(-c3ccc4cn(Cc5ccccc5)nc4c3)c3c(N)ncnn23)CC1. The van der Waals surface area contributed by atoms with Crippen molar-refractivity contribution in [3.05, 3.63) is 78.4 Å². The molecular weight excluding hydrogens is 518 g/mol. The number of rotatable bonds is 5. The second-order valence-corrected chi connectivity index (χ2v) is 11.5. The fourth-order valence-electron chi connectivity index (χ4n) is 5.41. The summed E-state index contributed by atoms with van der Waals surface area (Å²) in [6, 6.07) is 18.1. The number of benzene rings is 2. The van der Waals surface area contributed by atoms with Gasteiger partial charge in [0.2, 0.25) is 0 Å². The summed E-state index contributed by atoms with van der Waals surface area (Å²) in [6.07, 6.45) is 4.14. The molecule has 6 rings (SSSR count). The number of fused-ring (bicyclic) bond motifs is 2. The van der Waals surface area contributed by atoms with Gasteiger partial charge in [0.15, 0.2) is 11.6 Å². The number of likely N-dealkylation sites (tertiary alicyclic amines) is 1. The second-order valence-electron chi connectivity index (χ2n) is 11.5. The smallest absolute Gasteiger partial charge is 0.410 e. The zero-order valence-corrected chi connectivity index (χ0v) is 23.4. The van der Waals surface area contributed by atoms with E-state index >= 15 is 0 Å². The van der Waals surface area contributed by atoms with Crippen molar-refractivity contribution in [2.45, 2.75) is 45.8 Å². The lowest BCUT2D eigenvalue weighted by Crippen LogP contribution is -2.43. The highest BCUT2D eigenvalue weighted by Gasteiger charge is 2.32. The van der Waals surface area contributed by atoms with Crippen LogP contribution in [-0.2, 0) is 11.3 Å². The van der Waals surface area contributed by atoms with E-state index in [9.17, 15) is 9.59 Å². The molecule has 5 aromatic rings. The van der Waals surface area contributed by atoms with E-state index < -0.39 is 5.60 Å². The number of hydrogen-bond acceptors (Lipinski definition) is 7. The summed E-state index contributed by atoms with van der Waals surface area (Å²) in [7, 11) is 0. The minimum Gasteiger partial charge on any atom is -0.444 e. The molecule has 1 fully saturated rings. The van der Waals surface area contributed by atoms with Crippen LogP contribution in [0.3, 0.4) is 0 Å². The van der Waals surface area contributed by atoms with Gasteiger partial charge in [-0.25, -0.2) is 14.3 Å². The number of nitrogen functional groups attached to an aromatic ring is 1. The number of nitrogens with zero attached hydrogens (tertiary/aromatic N) is 6. The number of Topliss-reactive ketones (excluding diaryl/α,β-unsaturated/α-hetero) is 1. The van der Waals surface area contributed by atoms with Crippen LogP contribution in [0.15, 0.2) is 67.1 Å². The van der Waals surface area contributed by atoms with E-state index in [-0.39, 0.29) is 17.8 Å². The number of ether oxygens (including phenoxy) is 1. The molecule has 1 amide bonds. The standard InChI is InChI=1S/C31H33N7O3/c1-31(2,3)41-30(40)36-13-11-21(12-14-36)28(39)26-16-24(27-29(32)33-19-34-38(26)27)22-9-10-23-18-37(35-25(23)15-22)17-20-7-5-4-6-8-20/h4-10,15-16,18-19,21H,11-14,17H2,1-3H3,(H2,32,33,34). The predicted molar refractivity (Wildman–Crippen MR) is 157 cm³/mol. The number of nitrogens with two attached hydrogens (primary N) is 1. The lowest BCUT2D eigenvalue weighted by molar-refractivity contribution is 0.0182. The van der Waals surface area contributed by atoms with Crippen molar-refractivity contribution >= 4 is 34.1 Å². The Balaban J connectivity index is 1.28. The zero-order chi connectivity index (χ0) is 28.7. The second kappa shape index (κ2) is 10.3. The summed E-state index contributed by atoms with van der Waals surface area (Å²) in [5, 5.41) is 10.2. The summed E-state index contributed by atoms with van der Waals surface area (Å²) in [6.45, 7) is 7.13. The van der Waals surface area contributed by atoms with Gasteiger partial charge in [-0.1, -0.05) is 42.5 Å². The van der Waals surface area contributed by atoms with Gasteiger partial charge in [0.25, 0.3) is 0 Å². The maximum Gasteiger partial charge on any atom is 0.410 e. The molecule has 0 spiro atoms. The van der Waals surface area contributed by atoms with E-state index in [0.717, 1.165) is 22.0 Å². The third-order valence-electron chi connectivity index (χ3n) is 7.41. The third kappa shape index (κ3) is 5.37. The van der Waals surface area contributed by atoms with Crippen LogP contribution in [0, 0.1) is 5.92 Å². The van der Waals surface area contributed by atoms with Crippen molar-refractivity contribution in [2.24, 2.45) is 5.92 Å². The molecule has 2 aromatic carbocycles. The summed E-state index contributed by atoms with van der Waals surface area (Å²) in [5.74, 6) is 0.0249. The topological polar surface area (TPSA) is 121 Å². The molecule has 10 nitrogen and oxygen atoms in total. The van der Waals surface area contributed by atoms with Crippen LogP contribution < -0.4 is 5.73 Å². The monoisotopic (exact) mass is 551 g/mol. The molecule has 0 saturated carbocycles. The molecule has 210 valence electrons. The quantitative estimate of drug-likeness (QED) is 0.298. The Kier molecular flexibility index (Phi) is 6.69. The molecule has 2 N–H and O–H groups in total. The van der Waals surface area contributed by atoms with Crippen LogP contribution in [0.2, 0.25) is 0 Å². The highest BCUT2D eigenvalue weighted by atomic mass is 16.6. The molecule has 0 bridgehead atoms. The summed E-state index contributed by atoms with van der Waals surface area (Å²) in [4.78, 5) is 32.2. The average Bonchev–Trinajstić information content (AvgIpc) is 3.54. The molecule has 0 atom stereocenters. The highest BCUT2D eigenvalue weighted by Crippen LogP contribution is 2.34. The van der Waals surface area contributed by atoms with E-state index in [4.69, 9.17) is 15.6 Å². The molecule has 1 aliphatic heterocycles. The van der Waals surface area contributed by atoms with Gasteiger partial charge in [-0.2, -0.15) is 10.2 Å². The first-order chi connectivity index (χ1) is 19.7. The summed E-state index contributed by atoms with van der Waals surface area (Å²) >= 11 is 0. The van der Waals surface area contributed by atoms with Crippen molar-refractivity contribution in [1.29, 1.82) is 0 Å². The van der Waals surface area contributed by atoms with E-state index in [1.54, 1.807) is 9.42 Å². The first kappa shape index (κ1) is 26.5. The Morgan fingerprint density at radius 3 is 2.54 bits per heavy atom. The molecule has 0 unspecified atom stereocenters. The van der Waals surface area contributed by atoms with Gasteiger partial charge in [0.05, 0.1) is 12.1 Å². The first-order valence-corrected chi connectivity index (χ1v) is 13.8. The number of piperidine rings is 1. The molecule has 4 heterocycles. The van der Waals surface area contributed by atoms with Crippen LogP contribution in [0.1, 0.15) is 49.7 Å². The predicted octanol–water partition coefficient (Wildman–Crippen LogP) is 5.21. The zero-order valence-electron chi connectivity index (χ0n) is 23.4. The van der Waals surface area contributed by atoms with Crippen molar-refractivity contribution in [3.63, 3.8) is 0 Å².